The highest BCUT2D eigenvalue weighted by atomic mass is 32.1. The molecular weight excluding hydrogens is 1280 g/mol. The number of aryl methyl sites for hydroxylation is 3. The summed E-state index contributed by atoms with van der Waals surface area (Å²) in [6, 6.07) is 16.3. The summed E-state index contributed by atoms with van der Waals surface area (Å²) in [5.74, 6) is 0.680. The molecule has 0 spiro atoms. The van der Waals surface area contributed by atoms with Crippen molar-refractivity contribution in [3.63, 3.8) is 0 Å². The van der Waals surface area contributed by atoms with E-state index in [4.69, 9.17) is 24.9 Å². The van der Waals surface area contributed by atoms with Crippen molar-refractivity contribution in [3.8, 4) is 46.2 Å². The van der Waals surface area contributed by atoms with Crippen LogP contribution in [0, 0.1) is 42.3 Å². The largest absolute Gasteiger partial charge is 0.359 e. The molecule has 4 saturated heterocycles. The summed E-state index contributed by atoms with van der Waals surface area (Å²) in [5, 5.41) is 42.3. The van der Waals surface area contributed by atoms with Gasteiger partial charge in [-0.2, -0.15) is 15.6 Å². The zero-order valence-electron chi connectivity index (χ0n) is 57.1. The van der Waals surface area contributed by atoms with Crippen LogP contribution in [0.2, 0.25) is 0 Å². The lowest BCUT2D eigenvalue weighted by Crippen LogP contribution is -2.62. The number of aromatic nitrogens is 14. The van der Waals surface area contributed by atoms with Crippen molar-refractivity contribution >= 4 is 103 Å². The number of benzene rings is 1. The number of nitrogens with one attached hydrogen (secondary N) is 4. The third kappa shape index (κ3) is 13.7. The van der Waals surface area contributed by atoms with Crippen molar-refractivity contribution in [1.29, 1.82) is 10.5 Å². The molecule has 500 valence electrons. The molecule has 1 aromatic carbocycles. The summed E-state index contributed by atoms with van der Waals surface area (Å²) in [7, 11) is 1.87. The summed E-state index contributed by atoms with van der Waals surface area (Å²) in [5.41, 5.74) is 10.3. The SMILES string of the molecule is CCN(c1nc2cnc(-c3cc(C#N)c4nc(C)cn4c3)nc2s1)C1CC(C)(C)NC(C)(C)C1.CCN(c1nc2cnc(-c3cc(F)c4nc(C)cn4c3)nc2s1)C1CC(C)(C)NC(C)(C)C1.Cn1cc2cc(-c3cc4sc(NC5CC6CCC(C5)N6)nc4cn3)cc(C#N)c2n1. The summed E-state index contributed by atoms with van der Waals surface area (Å²) >= 11 is 4.86. The van der Waals surface area contributed by atoms with E-state index in [-0.39, 0.29) is 28.0 Å². The molecule has 15 heterocycles. The fraction of sp³-hybridized carbons (Fsp3) is 0.451. The molecule has 16 rings (SSSR count). The molecule has 4 aliphatic heterocycles. The Balaban J connectivity index is 0.000000125. The van der Waals surface area contributed by atoms with Gasteiger partial charge in [-0.3, -0.25) is 9.67 Å². The highest BCUT2D eigenvalue weighted by molar-refractivity contribution is 7.22. The van der Waals surface area contributed by atoms with Gasteiger partial charge >= 0.3 is 0 Å². The number of pyridine rings is 3. The number of anilines is 3. The van der Waals surface area contributed by atoms with Crippen LogP contribution in [0.4, 0.5) is 19.8 Å². The molecule has 26 heteroatoms. The fourth-order valence-electron chi connectivity index (χ4n) is 15.7. The molecule has 2 bridgehead atoms. The Kier molecular flexibility index (Phi) is 17.1. The molecule has 97 heavy (non-hydrogen) atoms. The molecule has 0 saturated carbocycles. The Bertz CT molecular complexity index is 5030. The van der Waals surface area contributed by atoms with Crippen LogP contribution < -0.4 is 31.1 Å². The van der Waals surface area contributed by atoms with E-state index in [1.807, 2.05) is 74.5 Å². The second-order valence-corrected chi connectivity index (χ2v) is 32.1. The van der Waals surface area contributed by atoms with E-state index in [1.165, 1.54) is 18.9 Å². The van der Waals surface area contributed by atoms with E-state index in [0.717, 1.165) is 137 Å². The Morgan fingerprint density at radius 1 is 0.598 bits per heavy atom. The lowest BCUT2D eigenvalue weighted by molar-refractivity contribution is 0.158. The second kappa shape index (κ2) is 25.3. The number of piperidine rings is 3. The average molecular weight is 1360 g/mol. The standard InChI is InChI=1S/C25H30N8S.C24H30FN7S.C22H21N7S/c1-7-33(18-9-24(3,4)31-25(5,6)10-18)23-29-19-12-27-20(30-22(19)34-23)17-8-16(11-26)21-28-15(2)13-32(21)14-17;1-7-32(16-9-23(3,4)30-24(5,6)10-16)22-28-18-11-26-19(29-21(18)33-22)15-8-17(25)20-27-14(2)12-31(20)13-15;1-29-11-14-5-12(4-13(9-23)21(14)28-29)18-8-20-19(10-24-18)27-22(30-20)26-17-6-15-2-3-16(7-17)25-15/h8,12-14,18,31H,7,9-10H2,1-6H3;8,11-13,16,30H,7,9-10H2,1-6H3;4-5,8,10-11,15-17,25H,2-3,6-7H2,1H3,(H,26,27). The summed E-state index contributed by atoms with van der Waals surface area (Å²) in [4.78, 5) is 53.0. The van der Waals surface area contributed by atoms with Crippen molar-refractivity contribution in [1.82, 2.24) is 84.4 Å². The van der Waals surface area contributed by atoms with Gasteiger partial charge in [0.05, 0.1) is 51.5 Å². The maximum atomic E-state index is 14.6. The van der Waals surface area contributed by atoms with Crippen molar-refractivity contribution in [3.05, 3.63) is 108 Å². The molecule has 2 atom stereocenters. The topological polar surface area (TPSA) is 258 Å². The molecule has 12 aromatic rings. The molecule has 0 aliphatic carbocycles. The maximum Gasteiger partial charge on any atom is 0.188 e. The minimum atomic E-state index is -0.386. The van der Waals surface area contributed by atoms with Gasteiger partial charge in [0.15, 0.2) is 44.2 Å². The first-order valence-electron chi connectivity index (χ1n) is 33.4. The zero-order chi connectivity index (χ0) is 68.0. The van der Waals surface area contributed by atoms with Crippen LogP contribution in [0.3, 0.4) is 0 Å². The van der Waals surface area contributed by atoms with Gasteiger partial charge < -0.3 is 39.9 Å². The van der Waals surface area contributed by atoms with Gasteiger partial charge in [-0.1, -0.05) is 34.0 Å². The lowest BCUT2D eigenvalue weighted by atomic mass is 9.79. The van der Waals surface area contributed by atoms with Gasteiger partial charge in [-0.25, -0.2) is 49.2 Å². The second-order valence-electron chi connectivity index (χ2n) is 29.2. The number of hydrogen-bond donors (Lipinski definition) is 4. The third-order valence-corrected chi connectivity index (χ3v) is 21.8. The van der Waals surface area contributed by atoms with Crippen molar-refractivity contribution < 1.29 is 4.39 Å². The van der Waals surface area contributed by atoms with Crippen LogP contribution in [-0.4, -0.2) is 134 Å². The van der Waals surface area contributed by atoms with Gasteiger partial charge in [-0.15, -0.1) is 0 Å². The van der Waals surface area contributed by atoms with Crippen LogP contribution in [-0.2, 0) is 7.05 Å². The first-order valence-corrected chi connectivity index (χ1v) is 35.8. The number of halogens is 1. The number of hydrogen-bond acceptors (Lipinski definition) is 22. The van der Waals surface area contributed by atoms with E-state index < -0.39 is 0 Å². The van der Waals surface area contributed by atoms with E-state index in [0.29, 0.717) is 69.8 Å². The quantitative estimate of drug-likeness (QED) is 0.0938. The predicted octanol–water partition coefficient (Wildman–Crippen LogP) is 13.5. The Labute approximate surface area is 574 Å². The number of rotatable bonds is 11. The van der Waals surface area contributed by atoms with Crippen LogP contribution in [0.25, 0.3) is 87.1 Å². The highest BCUT2D eigenvalue weighted by Crippen LogP contribution is 2.41. The van der Waals surface area contributed by atoms with Gasteiger partial charge in [-0.05, 0) is 165 Å². The lowest BCUT2D eigenvalue weighted by Gasteiger charge is -2.49. The third-order valence-electron chi connectivity index (χ3n) is 18.8. The Morgan fingerprint density at radius 2 is 1.11 bits per heavy atom. The maximum absolute atomic E-state index is 14.6. The smallest absolute Gasteiger partial charge is 0.188 e. The van der Waals surface area contributed by atoms with E-state index in [1.54, 1.807) is 61.7 Å². The normalized spacial score (nSPS) is 19.6. The molecule has 4 N–H and O–H groups in total. The summed E-state index contributed by atoms with van der Waals surface area (Å²) in [6.07, 6.45) is 23.8. The molecule has 0 amide bonds. The van der Waals surface area contributed by atoms with Gasteiger partial charge in [0.1, 0.15) is 43.9 Å². The first kappa shape index (κ1) is 65.5. The Hall–Kier alpha value is -8.76. The summed E-state index contributed by atoms with van der Waals surface area (Å²) < 4.78 is 21.0. The van der Waals surface area contributed by atoms with E-state index >= 15 is 0 Å². The molecule has 22 nitrogen and oxygen atoms in total. The molecule has 2 unspecified atom stereocenters. The first-order chi connectivity index (χ1) is 46.2. The minimum absolute atomic E-state index is 0.0535. The predicted molar refractivity (Wildman–Crippen MR) is 386 cm³/mol. The molecule has 0 radical (unpaired) electrons. The Morgan fingerprint density at radius 3 is 1.66 bits per heavy atom. The molecular formula is C71H81FN22S3. The van der Waals surface area contributed by atoms with Crippen molar-refractivity contribution in [2.75, 3.05) is 28.2 Å². The van der Waals surface area contributed by atoms with E-state index in [2.05, 4.69) is 149 Å². The number of fused-ring (bicyclic) bond motifs is 8. The van der Waals surface area contributed by atoms with Gasteiger partial charge in [0, 0.05) is 126 Å². The average Bonchev–Trinajstić information content (AvgIpc) is 1.72. The number of nitriles is 2. The molecule has 11 aromatic heterocycles. The van der Waals surface area contributed by atoms with Crippen LogP contribution in [0.15, 0.2) is 79.9 Å². The molecule has 4 fully saturated rings. The highest BCUT2D eigenvalue weighted by Gasteiger charge is 2.42. The van der Waals surface area contributed by atoms with Gasteiger partial charge in [0.2, 0.25) is 0 Å². The van der Waals surface area contributed by atoms with Crippen LogP contribution in [0.5, 0.6) is 0 Å². The van der Waals surface area contributed by atoms with Crippen LogP contribution in [0.1, 0.15) is 143 Å². The monoisotopic (exact) mass is 1360 g/mol. The van der Waals surface area contributed by atoms with Gasteiger partial charge in [0.25, 0.3) is 0 Å². The number of imidazole rings is 2. The summed E-state index contributed by atoms with van der Waals surface area (Å²) in [6.45, 7) is 28.1. The van der Waals surface area contributed by atoms with E-state index in [9.17, 15) is 14.9 Å². The van der Waals surface area contributed by atoms with Crippen molar-refractivity contribution in [2.24, 2.45) is 7.05 Å². The number of nitrogens with zero attached hydrogens (tertiary/aromatic N) is 18. The zero-order valence-corrected chi connectivity index (χ0v) is 59.6. The molecule has 4 aliphatic rings. The number of thiazole rings is 3. The fourth-order valence-corrected chi connectivity index (χ4v) is 18.7. The van der Waals surface area contributed by atoms with Crippen LogP contribution >= 0.6 is 34.0 Å². The van der Waals surface area contributed by atoms with Crippen molar-refractivity contribution in [2.45, 2.75) is 187 Å². The minimum Gasteiger partial charge on any atom is -0.359 e.